The maximum Gasteiger partial charge on any atom is 0.271 e. The van der Waals surface area contributed by atoms with Crippen LogP contribution < -0.4 is 5.32 Å². The second kappa shape index (κ2) is 8.50. The Kier molecular flexibility index (Phi) is 5.38. The Morgan fingerprint density at radius 3 is 2.45 bits per heavy atom. The quantitative estimate of drug-likeness (QED) is 0.466. The first kappa shape index (κ1) is 20.9. The molecule has 7 heteroatoms. The lowest BCUT2D eigenvalue weighted by Gasteiger charge is -2.44. The van der Waals surface area contributed by atoms with Crippen LogP contribution in [-0.4, -0.2) is 33.4 Å². The van der Waals surface area contributed by atoms with E-state index in [9.17, 15) is 9.59 Å². The van der Waals surface area contributed by atoms with E-state index in [0.717, 1.165) is 17.0 Å². The minimum Gasteiger partial charge on any atom is -0.469 e. The Morgan fingerprint density at radius 1 is 0.970 bits per heavy atom. The number of rotatable bonds is 7. The van der Waals surface area contributed by atoms with Gasteiger partial charge in [0.2, 0.25) is 5.91 Å². The predicted octanol–water partition coefficient (Wildman–Crippen LogP) is 4.11. The van der Waals surface area contributed by atoms with Crippen LogP contribution in [0.15, 0.2) is 88.1 Å². The van der Waals surface area contributed by atoms with Gasteiger partial charge in [-0.1, -0.05) is 30.3 Å². The topological polar surface area (TPSA) is 80.6 Å². The molecule has 1 unspecified atom stereocenters. The van der Waals surface area contributed by atoms with Crippen LogP contribution in [0.3, 0.4) is 0 Å². The molecule has 0 aliphatic carbocycles. The molecule has 0 fully saturated rings. The summed E-state index contributed by atoms with van der Waals surface area (Å²) in [4.78, 5) is 28.9. The molecule has 0 saturated heterocycles. The molecule has 1 aromatic carbocycles. The molecule has 3 aromatic heterocycles. The monoisotopic (exact) mass is 443 g/mol. The van der Waals surface area contributed by atoms with Crippen molar-refractivity contribution in [1.82, 2.24) is 14.8 Å². The first-order chi connectivity index (χ1) is 16.1. The molecule has 1 aliphatic heterocycles. The van der Waals surface area contributed by atoms with Gasteiger partial charge in [-0.05, 0) is 48.9 Å². The normalized spacial score (nSPS) is 17.7. The molecule has 0 saturated carbocycles. The van der Waals surface area contributed by atoms with Crippen LogP contribution in [0.25, 0.3) is 11.5 Å². The minimum absolute atomic E-state index is 0.192. The van der Waals surface area contributed by atoms with Crippen molar-refractivity contribution in [3.05, 3.63) is 96.3 Å². The number of carbonyl (C=O) groups is 2. The van der Waals surface area contributed by atoms with Gasteiger partial charge in [0.25, 0.3) is 5.91 Å². The molecule has 4 heterocycles. The first-order valence-electron chi connectivity index (χ1n) is 11.0. The fourth-order valence-corrected chi connectivity index (χ4v) is 4.41. The van der Waals surface area contributed by atoms with Crippen LogP contribution >= 0.6 is 0 Å². The summed E-state index contributed by atoms with van der Waals surface area (Å²) in [5.41, 5.74) is 1.22. The lowest BCUT2D eigenvalue weighted by atomic mass is 9.94. The summed E-state index contributed by atoms with van der Waals surface area (Å²) in [7, 11) is 0. The number of fused-ring (bicyclic) bond motifs is 1. The van der Waals surface area contributed by atoms with Crippen molar-refractivity contribution in [3.8, 4) is 11.5 Å². The standard InChI is InChI=1S/C26H25N3O4/c1-26(25(31)27-17-19-7-3-2-4-8-19)18-28-21(23-10-6-16-33-23)11-12-22(28)24(30)29(26)14-13-20-9-5-15-32-20/h2-12,15-16H,13-14,17-18H2,1H3,(H,27,31). The summed E-state index contributed by atoms with van der Waals surface area (Å²) in [5, 5.41) is 3.04. The number of amides is 2. The molecule has 1 aliphatic rings. The van der Waals surface area contributed by atoms with Crippen LogP contribution in [-0.2, 0) is 24.3 Å². The zero-order chi connectivity index (χ0) is 22.8. The molecule has 2 amide bonds. The average molecular weight is 444 g/mol. The van der Waals surface area contributed by atoms with Crippen molar-refractivity contribution < 1.29 is 18.4 Å². The fourth-order valence-electron chi connectivity index (χ4n) is 4.41. The van der Waals surface area contributed by atoms with Gasteiger partial charge in [-0.2, -0.15) is 0 Å². The van der Waals surface area contributed by atoms with E-state index in [0.29, 0.717) is 37.5 Å². The Hall–Kier alpha value is -4.00. The highest BCUT2D eigenvalue weighted by molar-refractivity contribution is 6.00. The van der Waals surface area contributed by atoms with Gasteiger partial charge in [0, 0.05) is 19.5 Å². The van der Waals surface area contributed by atoms with E-state index in [1.165, 1.54) is 0 Å². The number of hydrogen-bond donors (Lipinski definition) is 1. The summed E-state index contributed by atoms with van der Waals surface area (Å²) >= 11 is 0. The van der Waals surface area contributed by atoms with Crippen molar-refractivity contribution in [2.24, 2.45) is 0 Å². The molecule has 1 N–H and O–H groups in total. The molecule has 0 spiro atoms. The summed E-state index contributed by atoms with van der Waals surface area (Å²) in [6, 6.07) is 20.7. The molecule has 1 atom stereocenters. The van der Waals surface area contributed by atoms with Gasteiger partial charge >= 0.3 is 0 Å². The third-order valence-corrected chi connectivity index (χ3v) is 6.23. The van der Waals surface area contributed by atoms with Crippen molar-refractivity contribution in [1.29, 1.82) is 0 Å². The minimum atomic E-state index is -1.09. The molecule has 0 bridgehead atoms. The van der Waals surface area contributed by atoms with Crippen LogP contribution in [0, 0.1) is 0 Å². The predicted molar refractivity (Wildman–Crippen MR) is 122 cm³/mol. The van der Waals surface area contributed by atoms with Crippen molar-refractivity contribution in [2.45, 2.75) is 32.0 Å². The van der Waals surface area contributed by atoms with E-state index in [-0.39, 0.29) is 11.8 Å². The zero-order valence-corrected chi connectivity index (χ0v) is 18.4. The van der Waals surface area contributed by atoms with Crippen molar-refractivity contribution >= 4 is 11.8 Å². The van der Waals surface area contributed by atoms with E-state index < -0.39 is 5.54 Å². The highest BCUT2D eigenvalue weighted by atomic mass is 16.3. The molecular weight excluding hydrogens is 418 g/mol. The maximum atomic E-state index is 13.6. The van der Waals surface area contributed by atoms with E-state index in [1.54, 1.807) is 29.6 Å². The number of furan rings is 2. The molecule has 4 aromatic rings. The van der Waals surface area contributed by atoms with Gasteiger partial charge in [-0.15, -0.1) is 0 Å². The molecule has 0 radical (unpaired) electrons. The van der Waals surface area contributed by atoms with Crippen molar-refractivity contribution in [3.63, 3.8) is 0 Å². The van der Waals surface area contributed by atoms with E-state index in [1.807, 2.05) is 66.1 Å². The summed E-state index contributed by atoms with van der Waals surface area (Å²) in [6.45, 7) is 2.89. The SMILES string of the molecule is CC1(C(=O)NCc2ccccc2)Cn2c(ccc2-c2ccco2)C(=O)N1CCc1ccco1. The van der Waals surface area contributed by atoms with Crippen LogP contribution in [0.1, 0.15) is 28.7 Å². The summed E-state index contributed by atoms with van der Waals surface area (Å²) < 4.78 is 12.9. The van der Waals surface area contributed by atoms with Crippen molar-refractivity contribution in [2.75, 3.05) is 6.54 Å². The molecule has 168 valence electrons. The van der Waals surface area contributed by atoms with Crippen LogP contribution in [0.4, 0.5) is 0 Å². The van der Waals surface area contributed by atoms with Gasteiger partial charge in [0.15, 0.2) is 0 Å². The first-order valence-corrected chi connectivity index (χ1v) is 11.0. The van der Waals surface area contributed by atoms with Gasteiger partial charge < -0.3 is 23.6 Å². The Labute approximate surface area is 191 Å². The number of nitrogens with zero attached hydrogens (tertiary/aromatic N) is 2. The van der Waals surface area contributed by atoms with Crippen LogP contribution in [0.2, 0.25) is 0 Å². The number of nitrogens with one attached hydrogen (secondary N) is 1. The second-order valence-corrected chi connectivity index (χ2v) is 8.40. The lowest BCUT2D eigenvalue weighted by Crippen LogP contribution is -2.64. The van der Waals surface area contributed by atoms with Gasteiger partial charge in [-0.3, -0.25) is 9.59 Å². The second-order valence-electron chi connectivity index (χ2n) is 8.40. The number of carbonyl (C=O) groups excluding carboxylic acids is 2. The third kappa shape index (κ3) is 3.86. The molecule has 7 nitrogen and oxygen atoms in total. The van der Waals surface area contributed by atoms with Crippen LogP contribution in [0.5, 0.6) is 0 Å². The Bertz CT molecular complexity index is 1240. The van der Waals surface area contributed by atoms with Gasteiger partial charge in [-0.25, -0.2) is 0 Å². The fraction of sp³-hybridized carbons (Fsp3) is 0.231. The zero-order valence-electron chi connectivity index (χ0n) is 18.4. The van der Waals surface area contributed by atoms with Gasteiger partial charge in [0.1, 0.15) is 22.8 Å². The number of aromatic nitrogens is 1. The molecule has 33 heavy (non-hydrogen) atoms. The highest BCUT2D eigenvalue weighted by Crippen LogP contribution is 2.33. The van der Waals surface area contributed by atoms with E-state index in [2.05, 4.69) is 5.32 Å². The molecular formula is C26H25N3O4. The summed E-state index contributed by atoms with van der Waals surface area (Å²) in [6.07, 6.45) is 3.73. The maximum absolute atomic E-state index is 13.6. The Morgan fingerprint density at radius 2 is 1.73 bits per heavy atom. The lowest BCUT2D eigenvalue weighted by molar-refractivity contribution is -0.133. The molecule has 5 rings (SSSR count). The van der Waals surface area contributed by atoms with Gasteiger partial charge in [0.05, 0.1) is 24.8 Å². The number of hydrogen-bond acceptors (Lipinski definition) is 4. The summed E-state index contributed by atoms with van der Waals surface area (Å²) in [5.74, 6) is 1.03. The smallest absolute Gasteiger partial charge is 0.271 e. The van der Waals surface area contributed by atoms with E-state index in [4.69, 9.17) is 8.83 Å². The highest BCUT2D eigenvalue weighted by Gasteiger charge is 2.47. The van der Waals surface area contributed by atoms with E-state index >= 15 is 0 Å². The number of benzene rings is 1. The average Bonchev–Trinajstić information content (AvgIpc) is 3.59. The Balaban J connectivity index is 1.47. The third-order valence-electron chi connectivity index (χ3n) is 6.23. The largest absolute Gasteiger partial charge is 0.469 e.